The Kier molecular flexibility index (Phi) is 6.13. The lowest BCUT2D eigenvalue weighted by Crippen LogP contribution is -2.14. The van der Waals surface area contributed by atoms with Gasteiger partial charge in [0.2, 0.25) is 0 Å². The van der Waals surface area contributed by atoms with Crippen LogP contribution >= 0.6 is 15.9 Å². The number of nitrogens with zero attached hydrogens (tertiary/aromatic N) is 1. The predicted octanol–water partition coefficient (Wildman–Crippen LogP) is 5.84. The Balaban J connectivity index is 1.59. The maximum Gasteiger partial charge on any atom is 0.138 e. The number of aromatic hydroxyl groups is 1. The molecule has 31 heavy (non-hydrogen) atoms. The zero-order valence-electron chi connectivity index (χ0n) is 16.4. The van der Waals surface area contributed by atoms with E-state index >= 15 is 0 Å². The molecule has 4 rings (SSSR count). The fourth-order valence-corrected chi connectivity index (χ4v) is 4.43. The van der Waals surface area contributed by atoms with Gasteiger partial charge in [-0.3, -0.25) is 9.78 Å². The second kappa shape index (κ2) is 8.98. The summed E-state index contributed by atoms with van der Waals surface area (Å²) in [6.45, 7) is 0. The first-order valence-electron chi connectivity index (χ1n) is 9.75. The molecule has 0 aliphatic rings. The monoisotopic (exact) mass is 484 g/mol. The van der Waals surface area contributed by atoms with Gasteiger partial charge in [0.25, 0.3) is 0 Å². The molecule has 1 atom stereocenters. The molecule has 7 heteroatoms. The minimum Gasteiger partial charge on any atom is -0.508 e. The third-order valence-electron chi connectivity index (χ3n) is 5.19. The van der Waals surface area contributed by atoms with E-state index in [0.29, 0.717) is 11.3 Å². The number of phenolic OH excluding ortho intramolecular Hbond substituents is 1. The number of halogens is 3. The molecule has 0 saturated carbocycles. The number of H-pyrrole nitrogens is 1. The zero-order valence-corrected chi connectivity index (χ0v) is 18.0. The number of ketones is 1. The van der Waals surface area contributed by atoms with Gasteiger partial charge in [0.1, 0.15) is 23.2 Å². The minimum atomic E-state index is -0.654. The first-order valence-corrected chi connectivity index (χ1v) is 10.5. The molecule has 2 heterocycles. The first kappa shape index (κ1) is 21.2. The van der Waals surface area contributed by atoms with Gasteiger partial charge in [-0.25, -0.2) is 8.78 Å². The van der Waals surface area contributed by atoms with E-state index in [9.17, 15) is 18.7 Å². The van der Waals surface area contributed by atoms with E-state index in [-0.39, 0.29) is 36.7 Å². The number of carbonyl (C=O) groups excluding carboxylic acids is 1. The molecular formula is C24H19BrF2N2O2. The van der Waals surface area contributed by atoms with Gasteiger partial charge in [-0.05, 0) is 75.9 Å². The summed E-state index contributed by atoms with van der Waals surface area (Å²) in [6.07, 6.45) is 3.98. The molecule has 2 aromatic carbocycles. The molecule has 158 valence electrons. The summed E-state index contributed by atoms with van der Waals surface area (Å²) < 4.78 is 28.1. The van der Waals surface area contributed by atoms with Crippen molar-refractivity contribution in [3.63, 3.8) is 0 Å². The molecule has 2 aromatic heterocycles. The van der Waals surface area contributed by atoms with E-state index in [1.54, 1.807) is 36.7 Å². The number of fused-ring (bicyclic) bond motifs is 1. The summed E-state index contributed by atoms with van der Waals surface area (Å²) in [7, 11) is 0. The Morgan fingerprint density at radius 2 is 1.90 bits per heavy atom. The number of hydrogen-bond donors (Lipinski definition) is 2. The summed E-state index contributed by atoms with van der Waals surface area (Å²) in [5.41, 5.74) is 2.74. The summed E-state index contributed by atoms with van der Waals surface area (Å²) in [6, 6.07) is 11.9. The standard InChI is InChI=1S/C24H19BrF2N2O2/c25-22-2-1-5-28-24(22)15(6-14-7-17(26)11-18(27)8-14)9-20(31)10-16-13-29-23-4-3-19(30)12-21(16)23/h1-5,7-8,11-13,15,29-30H,6,9-10H2/t15-/m1/s1. The van der Waals surface area contributed by atoms with Crippen LogP contribution in [0.15, 0.2) is 65.4 Å². The van der Waals surface area contributed by atoms with Crippen molar-refractivity contribution in [2.75, 3.05) is 0 Å². The Morgan fingerprint density at radius 1 is 1.13 bits per heavy atom. The predicted molar refractivity (Wildman–Crippen MR) is 118 cm³/mol. The van der Waals surface area contributed by atoms with Crippen molar-refractivity contribution >= 4 is 32.6 Å². The average molecular weight is 485 g/mol. The number of rotatable bonds is 7. The first-order chi connectivity index (χ1) is 14.9. The van der Waals surface area contributed by atoms with Gasteiger partial charge in [-0.15, -0.1) is 0 Å². The van der Waals surface area contributed by atoms with Crippen LogP contribution in [-0.4, -0.2) is 20.9 Å². The van der Waals surface area contributed by atoms with Crippen molar-refractivity contribution in [3.8, 4) is 5.75 Å². The van der Waals surface area contributed by atoms with Crippen LogP contribution in [0.3, 0.4) is 0 Å². The smallest absolute Gasteiger partial charge is 0.138 e. The van der Waals surface area contributed by atoms with Crippen LogP contribution in [0, 0.1) is 11.6 Å². The van der Waals surface area contributed by atoms with Crippen LogP contribution < -0.4 is 0 Å². The fourth-order valence-electron chi connectivity index (χ4n) is 3.85. The lowest BCUT2D eigenvalue weighted by Gasteiger charge is -2.17. The summed E-state index contributed by atoms with van der Waals surface area (Å²) in [5.74, 6) is -1.58. The van der Waals surface area contributed by atoms with Crippen molar-refractivity contribution < 1.29 is 18.7 Å². The molecule has 0 aliphatic heterocycles. The van der Waals surface area contributed by atoms with Gasteiger partial charge in [0.05, 0.1) is 5.69 Å². The van der Waals surface area contributed by atoms with Crippen LogP contribution in [0.25, 0.3) is 10.9 Å². The third-order valence-corrected chi connectivity index (χ3v) is 5.86. The van der Waals surface area contributed by atoms with E-state index in [0.717, 1.165) is 27.0 Å². The molecule has 0 saturated heterocycles. The van der Waals surface area contributed by atoms with E-state index in [1.807, 2.05) is 6.07 Å². The van der Waals surface area contributed by atoms with Gasteiger partial charge in [0, 0.05) is 52.6 Å². The maximum absolute atomic E-state index is 13.7. The average Bonchev–Trinajstić information content (AvgIpc) is 3.09. The van der Waals surface area contributed by atoms with Crippen LogP contribution in [0.5, 0.6) is 5.75 Å². The van der Waals surface area contributed by atoms with Crippen LogP contribution in [0.1, 0.15) is 29.2 Å². The van der Waals surface area contributed by atoms with Gasteiger partial charge >= 0.3 is 0 Å². The van der Waals surface area contributed by atoms with Gasteiger partial charge in [-0.2, -0.15) is 0 Å². The number of carbonyl (C=O) groups is 1. The van der Waals surface area contributed by atoms with E-state index in [4.69, 9.17) is 0 Å². The largest absolute Gasteiger partial charge is 0.508 e. The fraction of sp³-hybridized carbons (Fsp3) is 0.167. The highest BCUT2D eigenvalue weighted by Gasteiger charge is 2.22. The molecule has 0 unspecified atom stereocenters. The lowest BCUT2D eigenvalue weighted by atomic mass is 9.89. The molecule has 0 amide bonds. The van der Waals surface area contributed by atoms with E-state index < -0.39 is 11.6 Å². The summed E-state index contributed by atoms with van der Waals surface area (Å²) >= 11 is 3.48. The third kappa shape index (κ3) is 4.99. The number of hydrogen-bond acceptors (Lipinski definition) is 3. The Bertz CT molecular complexity index is 1240. The highest BCUT2D eigenvalue weighted by molar-refractivity contribution is 9.10. The number of aromatic nitrogens is 2. The number of Topliss-reactive ketones (excluding diaryl/α,β-unsaturated/α-hetero) is 1. The zero-order chi connectivity index (χ0) is 22.0. The second-order valence-corrected chi connectivity index (χ2v) is 8.37. The van der Waals surface area contributed by atoms with Gasteiger partial charge in [0.15, 0.2) is 0 Å². The highest BCUT2D eigenvalue weighted by Crippen LogP contribution is 2.31. The van der Waals surface area contributed by atoms with Crippen molar-refractivity contribution in [2.24, 2.45) is 0 Å². The number of pyridine rings is 1. The van der Waals surface area contributed by atoms with Crippen LogP contribution in [-0.2, 0) is 17.6 Å². The topological polar surface area (TPSA) is 66.0 Å². The minimum absolute atomic E-state index is 0.0383. The molecule has 4 nitrogen and oxygen atoms in total. The van der Waals surface area contributed by atoms with Crippen molar-refractivity contribution in [2.45, 2.75) is 25.2 Å². The highest BCUT2D eigenvalue weighted by atomic mass is 79.9. The molecule has 0 spiro atoms. The summed E-state index contributed by atoms with van der Waals surface area (Å²) in [4.78, 5) is 20.5. The van der Waals surface area contributed by atoms with Crippen molar-refractivity contribution in [1.29, 1.82) is 0 Å². The number of phenols is 1. The Labute approximate surface area is 186 Å². The quantitative estimate of drug-likeness (QED) is 0.346. The number of nitrogens with one attached hydrogen (secondary N) is 1. The summed E-state index contributed by atoms with van der Waals surface area (Å²) in [5, 5.41) is 10.6. The van der Waals surface area contributed by atoms with E-state index in [2.05, 4.69) is 25.9 Å². The Morgan fingerprint density at radius 3 is 2.65 bits per heavy atom. The Hall–Kier alpha value is -3.06. The SMILES string of the molecule is O=C(Cc1c[nH]c2ccc(O)cc12)C[C@@H](Cc1cc(F)cc(F)c1)c1ncccc1Br. The van der Waals surface area contributed by atoms with Gasteiger partial charge < -0.3 is 10.1 Å². The molecule has 2 N–H and O–H groups in total. The molecule has 0 bridgehead atoms. The van der Waals surface area contributed by atoms with Crippen molar-refractivity contribution in [1.82, 2.24) is 9.97 Å². The molecule has 0 fully saturated rings. The van der Waals surface area contributed by atoms with Gasteiger partial charge in [-0.1, -0.05) is 0 Å². The molecular weight excluding hydrogens is 466 g/mol. The second-order valence-electron chi connectivity index (χ2n) is 7.51. The maximum atomic E-state index is 13.7. The lowest BCUT2D eigenvalue weighted by molar-refractivity contribution is -0.118. The van der Waals surface area contributed by atoms with Crippen molar-refractivity contribution in [3.05, 3.63) is 93.9 Å². The van der Waals surface area contributed by atoms with Crippen LogP contribution in [0.4, 0.5) is 8.78 Å². The van der Waals surface area contributed by atoms with Crippen LogP contribution in [0.2, 0.25) is 0 Å². The molecule has 0 radical (unpaired) electrons. The molecule has 4 aromatic rings. The molecule has 0 aliphatic carbocycles. The number of aromatic amines is 1. The normalized spacial score (nSPS) is 12.2. The number of benzene rings is 2. The van der Waals surface area contributed by atoms with E-state index in [1.165, 1.54) is 12.1 Å².